The number of aryl methyl sites for hydroxylation is 1. The van der Waals surface area contributed by atoms with Crippen molar-refractivity contribution in [1.82, 2.24) is 4.98 Å². The molecular weight excluding hydrogens is 210 g/mol. The molecule has 0 aromatic carbocycles. The number of hydrogen-bond acceptors (Lipinski definition) is 4. The van der Waals surface area contributed by atoms with Crippen LogP contribution in [0.1, 0.15) is 46.6 Å². The van der Waals surface area contributed by atoms with E-state index in [0.29, 0.717) is 5.69 Å². The summed E-state index contributed by atoms with van der Waals surface area (Å²) in [6, 6.07) is 0. The molecule has 1 saturated carbocycles. The van der Waals surface area contributed by atoms with Crippen LogP contribution >= 0.6 is 11.3 Å². The maximum Gasteiger partial charge on any atom is 0.179 e. The number of aromatic nitrogens is 1. The molecule has 3 nitrogen and oxygen atoms in total. The molecule has 0 amide bonds. The van der Waals surface area contributed by atoms with Gasteiger partial charge in [0.25, 0.3) is 0 Å². The molecular formula is C11H15NO2S. The minimum atomic E-state index is -0.191. The Balaban J connectivity index is 2.37. The summed E-state index contributed by atoms with van der Waals surface area (Å²) in [5.41, 5.74) is 0.418. The molecule has 1 aliphatic rings. The lowest BCUT2D eigenvalue weighted by Gasteiger charge is -2.38. The lowest BCUT2D eigenvalue weighted by atomic mass is 9.80. The van der Waals surface area contributed by atoms with Crippen molar-refractivity contribution >= 4 is 17.1 Å². The first-order valence-corrected chi connectivity index (χ1v) is 5.95. The second-order valence-corrected chi connectivity index (χ2v) is 5.24. The van der Waals surface area contributed by atoms with Gasteiger partial charge < -0.3 is 4.74 Å². The van der Waals surface area contributed by atoms with Gasteiger partial charge in [-0.1, -0.05) is 0 Å². The van der Waals surface area contributed by atoms with Gasteiger partial charge in [0.2, 0.25) is 0 Å². The van der Waals surface area contributed by atoms with Crippen molar-refractivity contribution in [1.29, 1.82) is 0 Å². The Hall–Kier alpha value is -0.740. The molecule has 0 aliphatic heterocycles. The van der Waals surface area contributed by atoms with Crippen LogP contribution in [0.3, 0.4) is 0 Å². The summed E-state index contributed by atoms with van der Waals surface area (Å²) in [7, 11) is 1.73. The van der Waals surface area contributed by atoms with Gasteiger partial charge in [0, 0.05) is 18.9 Å². The Labute approximate surface area is 93.5 Å². The number of ketones is 1. The number of thiazole rings is 1. The number of ether oxygens (including phenoxy) is 1. The van der Waals surface area contributed by atoms with Gasteiger partial charge in [-0.05, 0) is 26.2 Å². The molecule has 0 N–H and O–H groups in total. The van der Waals surface area contributed by atoms with Crippen molar-refractivity contribution in [2.24, 2.45) is 0 Å². The number of hydrogen-bond donors (Lipinski definition) is 0. The van der Waals surface area contributed by atoms with Gasteiger partial charge in [0.05, 0.1) is 0 Å². The van der Waals surface area contributed by atoms with E-state index in [9.17, 15) is 4.79 Å². The first-order chi connectivity index (χ1) is 7.09. The van der Waals surface area contributed by atoms with Gasteiger partial charge in [-0.15, -0.1) is 11.3 Å². The smallest absolute Gasteiger partial charge is 0.179 e. The minimum Gasteiger partial charge on any atom is -0.371 e. The maximum atomic E-state index is 11.3. The van der Waals surface area contributed by atoms with Crippen molar-refractivity contribution in [3.8, 4) is 0 Å². The predicted molar refractivity (Wildman–Crippen MR) is 59.4 cm³/mol. The lowest BCUT2D eigenvalue weighted by molar-refractivity contribution is -0.0779. The fourth-order valence-corrected chi connectivity index (χ4v) is 3.11. The number of Topliss-reactive ketones (excluding diaryl/α,β-unsaturated/α-hetero) is 1. The first-order valence-electron chi connectivity index (χ1n) is 5.13. The van der Waals surface area contributed by atoms with Crippen molar-refractivity contribution in [2.45, 2.75) is 38.7 Å². The molecule has 15 heavy (non-hydrogen) atoms. The monoisotopic (exact) mass is 225 g/mol. The molecule has 82 valence electrons. The van der Waals surface area contributed by atoms with E-state index in [1.54, 1.807) is 25.4 Å². The van der Waals surface area contributed by atoms with Gasteiger partial charge in [-0.25, -0.2) is 4.98 Å². The Kier molecular flexibility index (Phi) is 2.64. The molecule has 0 spiro atoms. The molecule has 0 radical (unpaired) electrons. The summed E-state index contributed by atoms with van der Waals surface area (Å²) >= 11 is 1.59. The van der Waals surface area contributed by atoms with Crippen molar-refractivity contribution < 1.29 is 9.53 Å². The fraction of sp³-hybridized carbons (Fsp3) is 0.636. The Morgan fingerprint density at radius 1 is 1.53 bits per heavy atom. The molecule has 0 atom stereocenters. The van der Waals surface area contributed by atoms with Crippen LogP contribution in [0.5, 0.6) is 0 Å². The molecule has 1 aromatic heterocycles. The van der Waals surface area contributed by atoms with Crippen LogP contribution in [-0.2, 0) is 10.3 Å². The Morgan fingerprint density at radius 3 is 2.53 bits per heavy atom. The van der Waals surface area contributed by atoms with Gasteiger partial charge in [0.15, 0.2) is 5.78 Å². The van der Waals surface area contributed by atoms with Crippen molar-refractivity contribution in [3.05, 3.63) is 15.6 Å². The highest BCUT2D eigenvalue weighted by Crippen LogP contribution is 2.46. The van der Waals surface area contributed by atoms with E-state index in [1.807, 2.05) is 6.92 Å². The highest BCUT2D eigenvalue weighted by Gasteiger charge is 2.42. The standard InChI is InChI=1S/C11H15NO2S/c1-7(13)9-8(2)15-10(12-9)11(14-3)5-4-6-11/h4-6H2,1-3H3. The Morgan fingerprint density at radius 2 is 2.20 bits per heavy atom. The van der Waals surface area contributed by atoms with E-state index < -0.39 is 0 Å². The van der Waals surface area contributed by atoms with E-state index in [-0.39, 0.29) is 11.4 Å². The number of rotatable bonds is 3. The van der Waals surface area contributed by atoms with Crippen molar-refractivity contribution in [3.63, 3.8) is 0 Å². The zero-order chi connectivity index (χ0) is 11.1. The quantitative estimate of drug-likeness (QED) is 0.742. The highest BCUT2D eigenvalue weighted by molar-refractivity contribution is 7.12. The lowest BCUT2D eigenvalue weighted by Crippen LogP contribution is -2.36. The fourth-order valence-electron chi connectivity index (χ4n) is 1.92. The largest absolute Gasteiger partial charge is 0.371 e. The van der Waals surface area contributed by atoms with Crippen LogP contribution in [-0.4, -0.2) is 17.9 Å². The van der Waals surface area contributed by atoms with Gasteiger partial charge >= 0.3 is 0 Å². The van der Waals surface area contributed by atoms with Crippen LogP contribution < -0.4 is 0 Å². The summed E-state index contributed by atoms with van der Waals surface area (Å²) in [4.78, 5) is 16.7. The third-order valence-electron chi connectivity index (χ3n) is 3.07. The maximum absolute atomic E-state index is 11.3. The average Bonchev–Trinajstić information content (AvgIpc) is 2.47. The molecule has 1 aliphatic carbocycles. The first kappa shape index (κ1) is 10.8. The van der Waals surface area contributed by atoms with Crippen molar-refractivity contribution in [2.75, 3.05) is 7.11 Å². The SMILES string of the molecule is COC1(c2nc(C(C)=O)c(C)s2)CCC1. The zero-order valence-electron chi connectivity index (χ0n) is 9.29. The molecule has 0 bridgehead atoms. The van der Waals surface area contributed by atoms with E-state index in [2.05, 4.69) is 4.98 Å². The van der Waals surface area contributed by atoms with E-state index in [0.717, 1.165) is 22.7 Å². The summed E-state index contributed by atoms with van der Waals surface area (Å²) < 4.78 is 5.54. The number of carbonyl (C=O) groups is 1. The molecule has 0 saturated heterocycles. The molecule has 4 heteroatoms. The molecule has 1 fully saturated rings. The third kappa shape index (κ3) is 1.62. The molecule has 1 heterocycles. The number of nitrogens with zero attached hydrogens (tertiary/aromatic N) is 1. The second kappa shape index (κ2) is 3.68. The van der Waals surface area contributed by atoms with Gasteiger partial charge in [-0.2, -0.15) is 0 Å². The van der Waals surface area contributed by atoms with E-state index in [4.69, 9.17) is 4.74 Å². The van der Waals surface area contributed by atoms with Gasteiger partial charge in [-0.3, -0.25) is 4.79 Å². The van der Waals surface area contributed by atoms with Crippen LogP contribution in [0.25, 0.3) is 0 Å². The van der Waals surface area contributed by atoms with Crippen LogP contribution in [0.4, 0.5) is 0 Å². The zero-order valence-corrected chi connectivity index (χ0v) is 10.1. The summed E-state index contributed by atoms with van der Waals surface area (Å²) in [5, 5.41) is 0.971. The number of methoxy groups -OCH3 is 1. The second-order valence-electron chi connectivity index (χ2n) is 4.03. The summed E-state index contributed by atoms with van der Waals surface area (Å²) in [6.45, 7) is 3.51. The van der Waals surface area contributed by atoms with Crippen LogP contribution in [0, 0.1) is 6.92 Å². The summed E-state index contributed by atoms with van der Waals surface area (Å²) in [5.74, 6) is 0.0422. The predicted octanol–water partition coefficient (Wildman–Crippen LogP) is 2.68. The molecule has 1 aromatic rings. The normalized spacial score (nSPS) is 18.6. The van der Waals surface area contributed by atoms with Crippen LogP contribution in [0.2, 0.25) is 0 Å². The summed E-state index contributed by atoms with van der Waals surface area (Å²) in [6.07, 6.45) is 3.23. The van der Waals surface area contributed by atoms with E-state index in [1.165, 1.54) is 6.42 Å². The topological polar surface area (TPSA) is 39.2 Å². The van der Waals surface area contributed by atoms with E-state index >= 15 is 0 Å². The Bertz CT molecular complexity index is 388. The minimum absolute atomic E-state index is 0.0422. The molecule has 2 rings (SSSR count). The molecule has 0 unspecified atom stereocenters. The third-order valence-corrected chi connectivity index (χ3v) is 4.23. The number of carbonyl (C=O) groups excluding carboxylic acids is 1. The highest BCUT2D eigenvalue weighted by atomic mass is 32.1. The average molecular weight is 225 g/mol. The van der Waals surface area contributed by atoms with Gasteiger partial charge in [0.1, 0.15) is 16.3 Å². The van der Waals surface area contributed by atoms with Crippen LogP contribution in [0.15, 0.2) is 0 Å².